The largest absolute Gasteiger partial charge is 0.493 e. The molecule has 0 radical (unpaired) electrons. The van der Waals surface area contributed by atoms with Gasteiger partial charge in [-0.2, -0.15) is 0 Å². The van der Waals surface area contributed by atoms with Crippen LogP contribution >= 0.6 is 12.2 Å². The van der Waals surface area contributed by atoms with Crippen molar-refractivity contribution in [2.45, 2.75) is 6.54 Å². The molecule has 25 heavy (non-hydrogen) atoms. The van der Waals surface area contributed by atoms with E-state index in [1.165, 1.54) is 0 Å². The Morgan fingerprint density at radius 1 is 1.00 bits per heavy atom. The summed E-state index contributed by atoms with van der Waals surface area (Å²) in [5.41, 5.74) is 1.41. The van der Waals surface area contributed by atoms with Gasteiger partial charge in [0.2, 0.25) is 5.75 Å². The van der Waals surface area contributed by atoms with E-state index in [1.54, 1.807) is 45.6 Å². The predicted octanol–water partition coefficient (Wildman–Crippen LogP) is 2.52. The van der Waals surface area contributed by atoms with Gasteiger partial charge in [0, 0.05) is 12.1 Å². The number of amides is 1. The molecule has 2 aromatic carbocycles. The number of methoxy groups -OCH3 is 3. The van der Waals surface area contributed by atoms with Crippen molar-refractivity contribution in [1.29, 1.82) is 0 Å². The Morgan fingerprint density at radius 2 is 1.60 bits per heavy atom. The maximum Gasteiger partial charge on any atom is 0.257 e. The van der Waals surface area contributed by atoms with Crippen molar-refractivity contribution in [3.05, 3.63) is 53.6 Å². The lowest BCUT2D eigenvalue weighted by Crippen LogP contribution is -2.38. The Labute approximate surface area is 152 Å². The van der Waals surface area contributed by atoms with Crippen LogP contribution in [0.15, 0.2) is 42.5 Å². The lowest BCUT2D eigenvalue weighted by atomic mass is 10.2. The van der Waals surface area contributed by atoms with Crippen molar-refractivity contribution in [3.63, 3.8) is 0 Å². The summed E-state index contributed by atoms with van der Waals surface area (Å²) in [4.78, 5) is 12.1. The van der Waals surface area contributed by atoms with Crippen LogP contribution in [0, 0.1) is 0 Å². The fourth-order valence-electron chi connectivity index (χ4n) is 2.23. The number of ether oxygens (including phenoxy) is 3. The molecule has 0 spiro atoms. The van der Waals surface area contributed by atoms with E-state index in [4.69, 9.17) is 26.4 Å². The Hall–Kier alpha value is -2.80. The third-order valence-electron chi connectivity index (χ3n) is 3.44. The van der Waals surface area contributed by atoms with Gasteiger partial charge in [-0.25, -0.2) is 0 Å². The Morgan fingerprint density at radius 3 is 2.12 bits per heavy atom. The van der Waals surface area contributed by atoms with Gasteiger partial charge in [-0.3, -0.25) is 10.1 Å². The maximum absolute atomic E-state index is 12.1. The first kappa shape index (κ1) is 18.5. The molecule has 0 atom stereocenters. The first-order valence-corrected chi connectivity index (χ1v) is 7.93. The quantitative estimate of drug-likeness (QED) is 0.772. The fourth-order valence-corrected chi connectivity index (χ4v) is 2.39. The van der Waals surface area contributed by atoms with Crippen molar-refractivity contribution in [2.24, 2.45) is 0 Å². The van der Waals surface area contributed by atoms with Crippen molar-refractivity contribution in [3.8, 4) is 17.2 Å². The molecule has 2 rings (SSSR count). The lowest BCUT2D eigenvalue weighted by Gasteiger charge is -2.15. The highest BCUT2D eigenvalue weighted by molar-refractivity contribution is 7.80. The number of carbonyl (C=O) groups is 1. The summed E-state index contributed by atoms with van der Waals surface area (Å²) in [5.74, 6) is 1.37. The third kappa shape index (κ3) is 4.84. The van der Waals surface area contributed by atoms with Crippen LogP contribution in [0.2, 0.25) is 0 Å². The zero-order valence-electron chi connectivity index (χ0n) is 14.3. The Bertz CT molecular complexity index is 725. The minimum absolute atomic E-state index is 0.239. The van der Waals surface area contributed by atoms with Gasteiger partial charge in [-0.1, -0.05) is 18.2 Å². The summed E-state index contributed by atoms with van der Waals surface area (Å²) >= 11 is 5.17. The van der Waals surface area contributed by atoms with E-state index in [0.717, 1.165) is 5.56 Å². The number of rotatable bonds is 6. The van der Waals surface area contributed by atoms with Crippen LogP contribution in [0.1, 0.15) is 15.9 Å². The molecule has 0 aliphatic heterocycles. The van der Waals surface area contributed by atoms with E-state index in [1.807, 2.05) is 18.2 Å². The molecular weight excluding hydrogens is 340 g/mol. The van der Waals surface area contributed by atoms with E-state index in [0.29, 0.717) is 29.4 Å². The zero-order chi connectivity index (χ0) is 18.2. The second-order valence-corrected chi connectivity index (χ2v) is 5.44. The molecule has 2 aromatic rings. The normalized spacial score (nSPS) is 9.88. The summed E-state index contributed by atoms with van der Waals surface area (Å²) in [5, 5.41) is 5.87. The van der Waals surface area contributed by atoms with Crippen LogP contribution in [0.4, 0.5) is 0 Å². The molecule has 0 fully saturated rings. The highest BCUT2D eigenvalue weighted by atomic mass is 32.1. The summed E-state index contributed by atoms with van der Waals surface area (Å²) in [7, 11) is 4.66. The van der Waals surface area contributed by atoms with Crippen molar-refractivity contribution in [2.75, 3.05) is 21.3 Å². The van der Waals surface area contributed by atoms with Gasteiger partial charge in [0.25, 0.3) is 5.91 Å². The summed E-state index contributed by atoms with van der Waals surface area (Å²) in [6, 6.07) is 12.5. The summed E-state index contributed by atoms with van der Waals surface area (Å²) in [6.45, 7) is 0.393. The molecule has 0 saturated carbocycles. The van der Waals surface area contributed by atoms with Crippen LogP contribution in [-0.4, -0.2) is 32.3 Å². The first-order chi connectivity index (χ1) is 12.1. The zero-order valence-corrected chi connectivity index (χ0v) is 15.1. The number of nitrogens with one attached hydrogen (secondary N) is 2. The second kappa shape index (κ2) is 8.89. The van der Waals surface area contributed by atoms with Gasteiger partial charge in [0.15, 0.2) is 16.6 Å². The standard InChI is InChI=1S/C18H20N2O4S/c1-22-14-9-12(10-15(23-2)16(14)24-3)11-19-18(25)20-17(21)13-7-5-4-6-8-13/h4-10H,11H2,1-3H3,(H2,19,20,21,25). The Balaban J connectivity index is 2.01. The molecule has 1 amide bonds. The van der Waals surface area contributed by atoms with E-state index >= 15 is 0 Å². The Kier molecular flexibility index (Phi) is 6.59. The molecular formula is C18H20N2O4S. The van der Waals surface area contributed by atoms with Gasteiger partial charge >= 0.3 is 0 Å². The predicted molar refractivity (Wildman–Crippen MR) is 99.4 cm³/mol. The summed E-state index contributed by atoms with van der Waals surface area (Å²) < 4.78 is 15.9. The number of carbonyl (C=O) groups excluding carboxylic acids is 1. The second-order valence-electron chi connectivity index (χ2n) is 5.04. The smallest absolute Gasteiger partial charge is 0.257 e. The van der Waals surface area contributed by atoms with Gasteiger partial charge < -0.3 is 19.5 Å². The first-order valence-electron chi connectivity index (χ1n) is 7.52. The van der Waals surface area contributed by atoms with Crippen LogP contribution in [0.3, 0.4) is 0 Å². The summed E-state index contributed by atoms with van der Waals surface area (Å²) in [6.07, 6.45) is 0. The number of hydrogen-bond donors (Lipinski definition) is 2. The molecule has 0 aromatic heterocycles. The molecule has 0 unspecified atom stereocenters. The van der Waals surface area contributed by atoms with Crippen LogP contribution in [0.25, 0.3) is 0 Å². The van der Waals surface area contributed by atoms with E-state index in [-0.39, 0.29) is 11.0 Å². The molecule has 132 valence electrons. The van der Waals surface area contributed by atoms with Crippen LogP contribution in [-0.2, 0) is 6.54 Å². The molecule has 0 aliphatic carbocycles. The van der Waals surface area contributed by atoms with E-state index in [2.05, 4.69) is 10.6 Å². The van der Waals surface area contributed by atoms with Crippen LogP contribution < -0.4 is 24.8 Å². The molecule has 0 heterocycles. The number of hydrogen-bond acceptors (Lipinski definition) is 5. The van der Waals surface area contributed by atoms with Gasteiger partial charge in [-0.15, -0.1) is 0 Å². The van der Waals surface area contributed by atoms with Crippen molar-refractivity contribution >= 4 is 23.2 Å². The SMILES string of the molecule is COc1cc(CNC(=S)NC(=O)c2ccccc2)cc(OC)c1OC. The average Bonchev–Trinajstić information content (AvgIpc) is 2.65. The number of benzene rings is 2. The molecule has 0 bridgehead atoms. The molecule has 6 nitrogen and oxygen atoms in total. The van der Waals surface area contributed by atoms with Crippen molar-refractivity contribution < 1.29 is 19.0 Å². The molecule has 2 N–H and O–H groups in total. The maximum atomic E-state index is 12.1. The minimum Gasteiger partial charge on any atom is -0.493 e. The fraction of sp³-hybridized carbons (Fsp3) is 0.222. The van der Waals surface area contributed by atoms with E-state index in [9.17, 15) is 4.79 Å². The monoisotopic (exact) mass is 360 g/mol. The van der Waals surface area contributed by atoms with Crippen molar-refractivity contribution in [1.82, 2.24) is 10.6 Å². The number of thiocarbonyl (C=S) groups is 1. The van der Waals surface area contributed by atoms with Gasteiger partial charge in [0.05, 0.1) is 21.3 Å². The topological polar surface area (TPSA) is 68.8 Å². The van der Waals surface area contributed by atoms with Gasteiger partial charge in [0.1, 0.15) is 0 Å². The lowest BCUT2D eigenvalue weighted by molar-refractivity contribution is 0.0976. The molecule has 0 aliphatic rings. The van der Waals surface area contributed by atoms with Crippen LogP contribution in [0.5, 0.6) is 17.2 Å². The third-order valence-corrected chi connectivity index (χ3v) is 3.69. The van der Waals surface area contributed by atoms with Gasteiger partial charge in [-0.05, 0) is 42.0 Å². The molecule has 7 heteroatoms. The minimum atomic E-state index is -0.261. The highest BCUT2D eigenvalue weighted by Crippen LogP contribution is 2.38. The van der Waals surface area contributed by atoms with E-state index < -0.39 is 0 Å². The highest BCUT2D eigenvalue weighted by Gasteiger charge is 2.13. The average molecular weight is 360 g/mol. The molecule has 0 saturated heterocycles.